The smallest absolute Gasteiger partial charge is 0.306 e. The summed E-state index contributed by atoms with van der Waals surface area (Å²) < 4.78 is 22.1. The lowest BCUT2D eigenvalue weighted by Gasteiger charge is -2.39. The summed E-state index contributed by atoms with van der Waals surface area (Å²) in [5.74, 6) is -0.810. The average Bonchev–Trinajstić information content (AvgIpc) is 3.14. The van der Waals surface area contributed by atoms with Gasteiger partial charge in [-0.2, -0.15) is 0 Å². The highest BCUT2D eigenvalue weighted by Gasteiger charge is 2.44. The Bertz CT molecular complexity index is 866. The van der Waals surface area contributed by atoms with Crippen LogP contribution in [0.4, 0.5) is 0 Å². The molecule has 0 spiro atoms. The minimum atomic E-state index is -1.59. The van der Waals surface area contributed by atoms with Crippen LogP contribution in [0.1, 0.15) is 187 Å². The standard InChI is InChI=1S/C42H78O10/c1-3-5-7-9-11-13-15-17-18-19-21-23-25-27-29-31-38(45)51-35(34-50-42-41(48)40(47)39(46)36(32-43)52-42)33-49-37(44)30-28-26-24-22-20-16-14-12-10-8-6-4-2/h12,14,35-36,39-43,46-48H,3-11,13,15-34H2,1-2H3/b14-12+/t35-,36-,39+,40?,41?,42-/m1/s1. The molecular weight excluding hydrogens is 664 g/mol. The van der Waals surface area contributed by atoms with Crippen molar-refractivity contribution >= 4 is 11.9 Å². The average molecular weight is 743 g/mol. The number of ether oxygens (including phenoxy) is 4. The zero-order valence-electron chi connectivity index (χ0n) is 33.1. The third-order valence-electron chi connectivity index (χ3n) is 9.90. The van der Waals surface area contributed by atoms with Crippen LogP contribution in [0.2, 0.25) is 0 Å². The van der Waals surface area contributed by atoms with Crippen molar-refractivity contribution in [1.29, 1.82) is 0 Å². The van der Waals surface area contributed by atoms with E-state index in [1.807, 2.05) is 0 Å². The number of hydrogen-bond donors (Lipinski definition) is 4. The lowest BCUT2D eigenvalue weighted by molar-refractivity contribution is -0.305. The number of aliphatic hydroxyl groups is 4. The van der Waals surface area contributed by atoms with Crippen molar-refractivity contribution < 1.29 is 49.0 Å². The van der Waals surface area contributed by atoms with Crippen molar-refractivity contribution in [3.63, 3.8) is 0 Å². The maximum absolute atomic E-state index is 12.7. The molecule has 1 saturated heterocycles. The molecule has 0 aliphatic carbocycles. The molecule has 1 rings (SSSR count). The van der Waals surface area contributed by atoms with Gasteiger partial charge in [-0.25, -0.2) is 0 Å². The van der Waals surface area contributed by atoms with Gasteiger partial charge < -0.3 is 39.4 Å². The summed E-state index contributed by atoms with van der Waals surface area (Å²) in [6.07, 6.45) is 26.4. The first-order valence-corrected chi connectivity index (χ1v) is 21.3. The van der Waals surface area contributed by atoms with Gasteiger partial charge in [0.1, 0.15) is 31.0 Å². The molecule has 0 aromatic heterocycles. The first-order chi connectivity index (χ1) is 25.3. The molecule has 4 N–H and O–H groups in total. The molecule has 6 atom stereocenters. The van der Waals surface area contributed by atoms with Gasteiger partial charge in [-0.1, -0.05) is 148 Å². The van der Waals surface area contributed by atoms with E-state index in [-0.39, 0.29) is 32.0 Å². The SMILES string of the molecule is CCCCC/C=C/CCCCCCCC(=O)OC[C@H](CO[C@@H]1O[C@H](CO)[C@H](O)C(O)C1O)OC(=O)CCCCCCCCCCCCCCCCC. The van der Waals surface area contributed by atoms with Crippen LogP contribution in [0, 0.1) is 0 Å². The first-order valence-electron chi connectivity index (χ1n) is 21.3. The second kappa shape index (κ2) is 34.0. The van der Waals surface area contributed by atoms with Crippen LogP contribution >= 0.6 is 0 Å². The highest BCUT2D eigenvalue weighted by atomic mass is 16.7. The Balaban J connectivity index is 2.35. The summed E-state index contributed by atoms with van der Waals surface area (Å²) >= 11 is 0. The third kappa shape index (κ3) is 25.5. The molecule has 0 aromatic carbocycles. The van der Waals surface area contributed by atoms with Gasteiger partial charge >= 0.3 is 11.9 Å². The van der Waals surface area contributed by atoms with Crippen LogP contribution in [0.5, 0.6) is 0 Å². The van der Waals surface area contributed by atoms with Crippen molar-refractivity contribution in [1.82, 2.24) is 0 Å². The van der Waals surface area contributed by atoms with Crippen molar-refractivity contribution in [3.8, 4) is 0 Å². The topological polar surface area (TPSA) is 152 Å². The number of carbonyl (C=O) groups is 2. The van der Waals surface area contributed by atoms with E-state index in [1.165, 1.54) is 89.9 Å². The molecule has 10 heteroatoms. The van der Waals surface area contributed by atoms with E-state index in [0.717, 1.165) is 64.2 Å². The summed E-state index contributed by atoms with van der Waals surface area (Å²) in [4.78, 5) is 25.2. The number of aliphatic hydroxyl groups excluding tert-OH is 4. The van der Waals surface area contributed by atoms with E-state index in [4.69, 9.17) is 18.9 Å². The molecule has 0 radical (unpaired) electrons. The third-order valence-corrected chi connectivity index (χ3v) is 9.90. The van der Waals surface area contributed by atoms with E-state index in [1.54, 1.807) is 0 Å². The van der Waals surface area contributed by atoms with Crippen LogP contribution in [0.3, 0.4) is 0 Å². The molecule has 2 unspecified atom stereocenters. The number of allylic oxidation sites excluding steroid dienone is 2. The summed E-state index contributed by atoms with van der Waals surface area (Å²) in [5.41, 5.74) is 0. The minimum Gasteiger partial charge on any atom is -0.462 e. The molecule has 1 aliphatic rings. The molecule has 306 valence electrons. The number of unbranched alkanes of at least 4 members (excludes halogenated alkanes) is 22. The Hall–Kier alpha value is -1.56. The number of carbonyl (C=O) groups excluding carboxylic acids is 2. The van der Waals surface area contributed by atoms with Gasteiger partial charge in [0.2, 0.25) is 0 Å². The highest BCUT2D eigenvalue weighted by Crippen LogP contribution is 2.22. The second-order valence-corrected chi connectivity index (χ2v) is 14.8. The van der Waals surface area contributed by atoms with Crippen LogP contribution < -0.4 is 0 Å². The van der Waals surface area contributed by atoms with Crippen LogP contribution in [-0.2, 0) is 28.5 Å². The summed E-state index contributed by atoms with van der Waals surface area (Å²) in [6.45, 7) is 3.39. The monoisotopic (exact) mass is 743 g/mol. The number of hydrogen-bond acceptors (Lipinski definition) is 10. The Morgan fingerprint density at radius 2 is 1.02 bits per heavy atom. The van der Waals surface area contributed by atoms with Crippen molar-refractivity contribution in [3.05, 3.63) is 12.2 Å². The van der Waals surface area contributed by atoms with Gasteiger partial charge in [0, 0.05) is 12.8 Å². The van der Waals surface area contributed by atoms with Crippen molar-refractivity contribution in [2.24, 2.45) is 0 Å². The lowest BCUT2D eigenvalue weighted by Crippen LogP contribution is -2.59. The molecule has 1 heterocycles. The lowest BCUT2D eigenvalue weighted by atomic mass is 9.99. The van der Waals surface area contributed by atoms with E-state index in [9.17, 15) is 30.0 Å². The minimum absolute atomic E-state index is 0.217. The zero-order chi connectivity index (χ0) is 38.1. The van der Waals surface area contributed by atoms with E-state index < -0.39 is 49.4 Å². The van der Waals surface area contributed by atoms with Crippen LogP contribution in [0.15, 0.2) is 12.2 Å². The Morgan fingerprint density at radius 1 is 0.577 bits per heavy atom. The number of rotatable bonds is 35. The molecule has 0 amide bonds. The predicted octanol–water partition coefficient (Wildman–Crippen LogP) is 8.39. The van der Waals surface area contributed by atoms with Gasteiger partial charge in [-0.3, -0.25) is 9.59 Å². The molecule has 0 bridgehead atoms. The molecule has 1 aliphatic heterocycles. The fourth-order valence-corrected chi connectivity index (χ4v) is 6.48. The van der Waals surface area contributed by atoms with Gasteiger partial charge in [0.25, 0.3) is 0 Å². The van der Waals surface area contributed by atoms with Crippen LogP contribution in [0.25, 0.3) is 0 Å². The summed E-state index contributed by atoms with van der Waals surface area (Å²) in [7, 11) is 0. The highest BCUT2D eigenvalue weighted by molar-refractivity contribution is 5.70. The van der Waals surface area contributed by atoms with Gasteiger partial charge in [-0.05, 0) is 38.5 Å². The van der Waals surface area contributed by atoms with E-state index in [2.05, 4.69) is 26.0 Å². The quantitative estimate of drug-likeness (QED) is 0.0283. The summed E-state index contributed by atoms with van der Waals surface area (Å²) in [5, 5.41) is 40.0. The number of esters is 2. The Kier molecular flexibility index (Phi) is 31.7. The zero-order valence-corrected chi connectivity index (χ0v) is 33.1. The fraction of sp³-hybridized carbons (Fsp3) is 0.905. The van der Waals surface area contributed by atoms with E-state index >= 15 is 0 Å². The molecule has 10 nitrogen and oxygen atoms in total. The first kappa shape index (κ1) is 48.5. The van der Waals surface area contributed by atoms with Gasteiger partial charge in [-0.15, -0.1) is 0 Å². The molecular formula is C42H78O10. The Morgan fingerprint density at radius 3 is 1.54 bits per heavy atom. The largest absolute Gasteiger partial charge is 0.462 e. The second-order valence-electron chi connectivity index (χ2n) is 14.8. The predicted molar refractivity (Wildman–Crippen MR) is 206 cm³/mol. The normalized spacial score (nSPS) is 21.1. The molecule has 0 saturated carbocycles. The molecule has 1 fully saturated rings. The van der Waals surface area contributed by atoms with Crippen molar-refractivity contribution in [2.45, 2.75) is 224 Å². The molecule has 0 aromatic rings. The fourth-order valence-electron chi connectivity index (χ4n) is 6.48. The van der Waals surface area contributed by atoms with Crippen molar-refractivity contribution in [2.75, 3.05) is 19.8 Å². The maximum atomic E-state index is 12.7. The summed E-state index contributed by atoms with van der Waals surface area (Å²) in [6, 6.07) is 0. The van der Waals surface area contributed by atoms with Gasteiger partial charge in [0.05, 0.1) is 13.2 Å². The van der Waals surface area contributed by atoms with Gasteiger partial charge in [0.15, 0.2) is 12.4 Å². The van der Waals surface area contributed by atoms with E-state index in [0.29, 0.717) is 6.42 Å². The molecule has 52 heavy (non-hydrogen) atoms. The van der Waals surface area contributed by atoms with Crippen LogP contribution in [-0.4, -0.2) is 89.0 Å². The maximum Gasteiger partial charge on any atom is 0.306 e. The Labute approximate surface area is 316 Å².